The molecule has 18 heavy (non-hydrogen) atoms. The van der Waals surface area contributed by atoms with E-state index in [2.05, 4.69) is 37.2 Å². The number of halogens is 3. The summed E-state index contributed by atoms with van der Waals surface area (Å²) < 4.78 is 0. The van der Waals surface area contributed by atoms with Gasteiger partial charge in [-0.15, -0.1) is 0 Å². The molecule has 0 saturated carbocycles. The molecule has 1 aromatic carbocycles. The Morgan fingerprint density at radius 3 is 2.50 bits per heavy atom. The van der Waals surface area contributed by atoms with Gasteiger partial charge in [-0.3, -0.25) is 9.59 Å². The molecule has 0 aliphatic carbocycles. The predicted octanol–water partition coefficient (Wildman–Crippen LogP) is 3.20. The van der Waals surface area contributed by atoms with Gasteiger partial charge in [0.25, 0.3) is 0 Å². The zero-order valence-corrected chi connectivity index (χ0v) is 13.2. The molecule has 2 atom stereocenters. The van der Waals surface area contributed by atoms with Crippen LogP contribution in [0.15, 0.2) is 18.2 Å². The Morgan fingerprint density at radius 2 is 1.94 bits per heavy atom. The number of aliphatic carboxylic acids is 1. The molecule has 0 spiro atoms. The molecule has 7 heteroatoms. The van der Waals surface area contributed by atoms with Crippen molar-refractivity contribution in [2.45, 2.75) is 16.6 Å². The third-order valence-electron chi connectivity index (χ3n) is 2.20. The molecule has 1 amide bonds. The highest BCUT2D eigenvalue weighted by molar-refractivity contribution is 9.12. The normalized spacial score (nSPS) is 13.8. The number of alkyl halides is 2. The Bertz CT molecular complexity index is 481. The fourth-order valence-corrected chi connectivity index (χ4v) is 1.94. The van der Waals surface area contributed by atoms with Crippen LogP contribution in [0.3, 0.4) is 0 Å². The van der Waals surface area contributed by atoms with Crippen LogP contribution in [0.1, 0.15) is 5.56 Å². The monoisotopic (exact) mass is 397 g/mol. The quantitative estimate of drug-likeness (QED) is 0.764. The van der Waals surface area contributed by atoms with Crippen molar-refractivity contribution in [3.8, 4) is 0 Å². The second kappa shape index (κ2) is 6.54. The number of benzene rings is 1. The number of hydrogen-bond acceptors (Lipinski definition) is 2. The van der Waals surface area contributed by atoms with Crippen molar-refractivity contribution in [3.63, 3.8) is 0 Å². The molecule has 0 unspecified atom stereocenters. The lowest BCUT2D eigenvalue weighted by atomic mass is 10.2. The van der Waals surface area contributed by atoms with E-state index in [9.17, 15) is 9.59 Å². The average Bonchev–Trinajstić information content (AvgIpc) is 2.31. The van der Waals surface area contributed by atoms with E-state index in [0.717, 1.165) is 5.56 Å². The Labute approximate surface area is 126 Å². The molecular weight excluding hydrogens is 389 g/mol. The zero-order chi connectivity index (χ0) is 13.9. The summed E-state index contributed by atoms with van der Waals surface area (Å²) in [6, 6.07) is 5.09. The van der Waals surface area contributed by atoms with Crippen LogP contribution >= 0.6 is 43.5 Å². The number of anilines is 1. The van der Waals surface area contributed by atoms with Crippen LogP contribution in [0.5, 0.6) is 0 Å². The van der Waals surface area contributed by atoms with Gasteiger partial charge in [-0.1, -0.05) is 49.5 Å². The maximum atomic E-state index is 11.8. The van der Waals surface area contributed by atoms with Crippen LogP contribution in [-0.4, -0.2) is 26.6 Å². The third kappa shape index (κ3) is 3.96. The second-order valence-electron chi connectivity index (χ2n) is 3.59. The molecule has 0 heterocycles. The Hall–Kier alpha value is -0.590. The summed E-state index contributed by atoms with van der Waals surface area (Å²) in [5, 5.41) is 11.9. The Balaban J connectivity index is 2.81. The minimum atomic E-state index is -1.12. The van der Waals surface area contributed by atoms with Crippen molar-refractivity contribution in [1.29, 1.82) is 0 Å². The molecule has 1 rings (SSSR count). The smallest absolute Gasteiger partial charge is 0.318 e. The summed E-state index contributed by atoms with van der Waals surface area (Å²) in [4.78, 5) is 20.7. The number of rotatable bonds is 4. The number of amides is 1. The van der Waals surface area contributed by atoms with Crippen LogP contribution < -0.4 is 5.32 Å². The number of carbonyl (C=O) groups excluding carboxylic acids is 1. The van der Waals surface area contributed by atoms with Gasteiger partial charge >= 0.3 is 5.97 Å². The Kier molecular flexibility index (Phi) is 5.62. The van der Waals surface area contributed by atoms with Gasteiger partial charge in [-0.05, 0) is 24.6 Å². The van der Waals surface area contributed by atoms with E-state index in [1.807, 2.05) is 6.92 Å². The molecule has 0 radical (unpaired) electrons. The topological polar surface area (TPSA) is 66.4 Å². The standard InChI is InChI=1S/C11H10Br2ClNO3/c1-5-2-3-6(14)4-7(5)15-10(16)8(12)9(13)11(17)18/h2-4,8-9H,1H3,(H,15,16)(H,17,18)/t8-,9-/m0/s1. The van der Waals surface area contributed by atoms with Gasteiger partial charge in [-0.2, -0.15) is 0 Å². The fraction of sp³-hybridized carbons (Fsp3) is 0.273. The van der Waals surface area contributed by atoms with Gasteiger partial charge in [0.05, 0.1) is 0 Å². The van der Waals surface area contributed by atoms with E-state index in [0.29, 0.717) is 10.7 Å². The second-order valence-corrected chi connectivity index (χ2v) is 6.00. The molecule has 4 nitrogen and oxygen atoms in total. The number of carboxylic acid groups (broad SMARTS) is 1. The summed E-state index contributed by atoms with van der Waals surface area (Å²) in [5.74, 6) is -1.57. The maximum Gasteiger partial charge on any atom is 0.318 e. The van der Waals surface area contributed by atoms with E-state index >= 15 is 0 Å². The van der Waals surface area contributed by atoms with E-state index < -0.39 is 21.5 Å². The molecular formula is C11H10Br2ClNO3. The molecule has 0 fully saturated rings. The molecule has 0 aromatic heterocycles. The van der Waals surface area contributed by atoms with Crippen molar-refractivity contribution in [3.05, 3.63) is 28.8 Å². The molecule has 0 aliphatic rings. The van der Waals surface area contributed by atoms with Crippen molar-refractivity contribution in [2.75, 3.05) is 5.32 Å². The van der Waals surface area contributed by atoms with Crippen molar-refractivity contribution < 1.29 is 14.7 Å². The van der Waals surface area contributed by atoms with Gasteiger partial charge in [0, 0.05) is 10.7 Å². The summed E-state index contributed by atoms with van der Waals surface area (Å²) >= 11 is 11.8. The van der Waals surface area contributed by atoms with Crippen molar-refractivity contribution in [2.24, 2.45) is 0 Å². The first-order valence-corrected chi connectivity index (χ1v) is 7.12. The predicted molar refractivity (Wildman–Crippen MR) is 77.9 cm³/mol. The molecule has 1 aromatic rings. The van der Waals surface area contributed by atoms with Crippen molar-refractivity contribution in [1.82, 2.24) is 0 Å². The number of carbonyl (C=O) groups is 2. The van der Waals surface area contributed by atoms with Gasteiger partial charge in [0.1, 0.15) is 9.65 Å². The van der Waals surface area contributed by atoms with Crippen LogP contribution in [0.25, 0.3) is 0 Å². The first-order valence-electron chi connectivity index (χ1n) is 4.91. The highest BCUT2D eigenvalue weighted by atomic mass is 79.9. The van der Waals surface area contributed by atoms with E-state index in [1.54, 1.807) is 18.2 Å². The number of aryl methyl sites for hydroxylation is 1. The first kappa shape index (κ1) is 15.5. The van der Waals surface area contributed by atoms with Crippen LogP contribution in [-0.2, 0) is 9.59 Å². The van der Waals surface area contributed by atoms with Gasteiger partial charge in [0.2, 0.25) is 5.91 Å². The molecule has 0 bridgehead atoms. The summed E-state index contributed by atoms with van der Waals surface area (Å²) in [7, 11) is 0. The van der Waals surface area contributed by atoms with Crippen LogP contribution in [0, 0.1) is 6.92 Å². The Morgan fingerprint density at radius 1 is 1.33 bits per heavy atom. The van der Waals surface area contributed by atoms with E-state index in [-0.39, 0.29) is 0 Å². The summed E-state index contributed by atoms with van der Waals surface area (Å²) in [5.41, 5.74) is 1.40. The minimum Gasteiger partial charge on any atom is -0.480 e. The van der Waals surface area contributed by atoms with Gasteiger partial charge in [0.15, 0.2) is 0 Å². The highest BCUT2D eigenvalue weighted by Gasteiger charge is 2.29. The lowest BCUT2D eigenvalue weighted by Gasteiger charge is -2.14. The number of carboxylic acids is 1. The maximum absolute atomic E-state index is 11.8. The van der Waals surface area contributed by atoms with Crippen LogP contribution in [0.2, 0.25) is 5.02 Å². The summed E-state index contributed by atoms with van der Waals surface area (Å²) in [6.07, 6.45) is 0. The van der Waals surface area contributed by atoms with Gasteiger partial charge < -0.3 is 10.4 Å². The zero-order valence-electron chi connectivity index (χ0n) is 9.28. The molecule has 0 saturated heterocycles. The van der Waals surface area contributed by atoms with E-state index in [4.69, 9.17) is 16.7 Å². The summed E-state index contributed by atoms with van der Waals surface area (Å²) in [6.45, 7) is 1.82. The number of nitrogens with one attached hydrogen (secondary N) is 1. The van der Waals surface area contributed by atoms with Crippen LogP contribution in [0.4, 0.5) is 5.69 Å². The SMILES string of the molecule is Cc1ccc(Cl)cc1NC(=O)[C@@H](Br)[C@H](Br)C(=O)O. The van der Waals surface area contributed by atoms with Crippen molar-refractivity contribution >= 4 is 61.0 Å². The largest absolute Gasteiger partial charge is 0.480 e. The molecule has 98 valence electrons. The van der Waals surface area contributed by atoms with E-state index in [1.165, 1.54) is 0 Å². The third-order valence-corrected chi connectivity index (χ3v) is 5.01. The minimum absolute atomic E-state index is 0.454. The lowest BCUT2D eigenvalue weighted by Crippen LogP contribution is -2.34. The molecule has 2 N–H and O–H groups in total. The first-order chi connectivity index (χ1) is 8.32. The molecule has 0 aliphatic heterocycles. The highest BCUT2D eigenvalue weighted by Crippen LogP contribution is 2.22. The fourth-order valence-electron chi connectivity index (χ4n) is 1.19. The van der Waals surface area contributed by atoms with Gasteiger partial charge in [-0.25, -0.2) is 0 Å². The number of hydrogen-bond donors (Lipinski definition) is 2. The average molecular weight is 399 g/mol. The lowest BCUT2D eigenvalue weighted by molar-refractivity contribution is -0.137.